The third-order valence-electron chi connectivity index (χ3n) is 4.27. The Bertz CT molecular complexity index is 987. The molecule has 1 atom stereocenters. The molecule has 0 aromatic heterocycles. The highest BCUT2D eigenvalue weighted by Crippen LogP contribution is 2.21. The zero-order chi connectivity index (χ0) is 19.9. The van der Waals surface area contributed by atoms with Crippen LogP contribution in [0, 0.1) is 0 Å². The Hall–Kier alpha value is -3.54. The average molecular weight is 378 g/mol. The van der Waals surface area contributed by atoms with Crippen LogP contribution in [-0.4, -0.2) is 25.0 Å². The highest BCUT2D eigenvalue weighted by atomic mass is 16.5. The van der Waals surface area contributed by atoms with Crippen molar-refractivity contribution in [1.82, 2.24) is 10.9 Å². The minimum absolute atomic E-state index is 0.0875. The Morgan fingerprint density at radius 2 is 1.64 bits per heavy atom. The van der Waals surface area contributed by atoms with E-state index in [2.05, 4.69) is 10.9 Å². The molecular weight excluding hydrogens is 356 g/mol. The van der Waals surface area contributed by atoms with Crippen molar-refractivity contribution in [1.29, 1.82) is 0 Å². The molecule has 28 heavy (non-hydrogen) atoms. The number of carbonyl (C=O) groups excluding carboxylic acids is 2. The SMILES string of the molecule is COc1ccccc1CC(=O)NNC(=O)C(C)Oc1ccc2ccccc2c1. The van der Waals surface area contributed by atoms with Gasteiger partial charge in [0.25, 0.3) is 5.91 Å². The second-order valence-electron chi connectivity index (χ2n) is 6.30. The number of para-hydroxylation sites is 1. The number of hydrogen-bond acceptors (Lipinski definition) is 4. The van der Waals surface area contributed by atoms with Crippen LogP contribution in [0.1, 0.15) is 12.5 Å². The van der Waals surface area contributed by atoms with Crippen molar-refractivity contribution in [3.63, 3.8) is 0 Å². The summed E-state index contributed by atoms with van der Waals surface area (Å²) in [6, 6.07) is 20.7. The zero-order valence-corrected chi connectivity index (χ0v) is 15.8. The fourth-order valence-corrected chi connectivity index (χ4v) is 2.80. The van der Waals surface area contributed by atoms with Gasteiger partial charge in [-0.3, -0.25) is 20.4 Å². The maximum Gasteiger partial charge on any atom is 0.279 e. The molecule has 0 fully saturated rings. The molecule has 0 aliphatic rings. The number of nitrogens with one attached hydrogen (secondary N) is 2. The largest absolute Gasteiger partial charge is 0.496 e. The van der Waals surface area contributed by atoms with Crippen LogP contribution in [0.3, 0.4) is 0 Å². The Kier molecular flexibility index (Phi) is 6.11. The van der Waals surface area contributed by atoms with Crippen LogP contribution in [-0.2, 0) is 16.0 Å². The number of benzene rings is 3. The van der Waals surface area contributed by atoms with E-state index in [9.17, 15) is 9.59 Å². The van der Waals surface area contributed by atoms with Crippen molar-refractivity contribution in [2.45, 2.75) is 19.4 Å². The van der Waals surface area contributed by atoms with Gasteiger partial charge in [0.2, 0.25) is 5.91 Å². The Labute approximate surface area is 163 Å². The minimum atomic E-state index is -0.771. The summed E-state index contributed by atoms with van der Waals surface area (Å²) in [5.74, 6) is 0.413. The van der Waals surface area contributed by atoms with Gasteiger partial charge in [-0.2, -0.15) is 0 Å². The number of hydrogen-bond donors (Lipinski definition) is 2. The molecule has 0 saturated heterocycles. The molecule has 3 rings (SSSR count). The van der Waals surface area contributed by atoms with Gasteiger partial charge in [-0.25, -0.2) is 0 Å². The van der Waals surface area contributed by atoms with Crippen LogP contribution in [0.4, 0.5) is 0 Å². The molecule has 0 spiro atoms. The third kappa shape index (κ3) is 4.79. The van der Waals surface area contributed by atoms with Crippen LogP contribution >= 0.6 is 0 Å². The molecule has 0 aliphatic carbocycles. The lowest BCUT2D eigenvalue weighted by Gasteiger charge is -2.16. The first-order valence-electron chi connectivity index (χ1n) is 8.93. The van der Waals surface area contributed by atoms with Gasteiger partial charge in [0.1, 0.15) is 11.5 Å². The summed E-state index contributed by atoms with van der Waals surface area (Å²) in [5, 5.41) is 2.12. The lowest BCUT2D eigenvalue weighted by atomic mass is 10.1. The lowest BCUT2D eigenvalue weighted by Crippen LogP contribution is -2.47. The van der Waals surface area contributed by atoms with Crippen LogP contribution in [0.15, 0.2) is 66.7 Å². The van der Waals surface area contributed by atoms with Crippen LogP contribution < -0.4 is 20.3 Å². The molecule has 6 nitrogen and oxygen atoms in total. The first-order valence-corrected chi connectivity index (χ1v) is 8.93. The number of rotatable bonds is 6. The second kappa shape index (κ2) is 8.90. The predicted molar refractivity (Wildman–Crippen MR) is 107 cm³/mol. The van der Waals surface area contributed by atoms with Crippen molar-refractivity contribution in [2.24, 2.45) is 0 Å². The number of hydrazine groups is 1. The molecule has 1 unspecified atom stereocenters. The average Bonchev–Trinajstić information content (AvgIpc) is 2.72. The number of carbonyl (C=O) groups is 2. The fraction of sp³-hybridized carbons (Fsp3) is 0.182. The van der Waals surface area contributed by atoms with Gasteiger partial charge in [0.15, 0.2) is 6.10 Å². The number of ether oxygens (including phenoxy) is 2. The zero-order valence-electron chi connectivity index (χ0n) is 15.8. The smallest absolute Gasteiger partial charge is 0.279 e. The van der Waals surface area contributed by atoms with E-state index in [-0.39, 0.29) is 12.3 Å². The van der Waals surface area contributed by atoms with E-state index in [4.69, 9.17) is 9.47 Å². The predicted octanol–water partition coefficient (Wildman–Crippen LogP) is 3.01. The maximum atomic E-state index is 12.2. The molecule has 0 heterocycles. The van der Waals surface area contributed by atoms with Gasteiger partial charge in [-0.15, -0.1) is 0 Å². The molecule has 6 heteroatoms. The van der Waals surface area contributed by atoms with E-state index in [0.717, 1.165) is 16.3 Å². The lowest BCUT2D eigenvalue weighted by molar-refractivity contribution is -0.132. The summed E-state index contributed by atoms with van der Waals surface area (Å²) in [4.78, 5) is 24.3. The number of amides is 2. The van der Waals surface area contributed by atoms with Gasteiger partial charge >= 0.3 is 0 Å². The Morgan fingerprint density at radius 3 is 2.43 bits per heavy atom. The van der Waals surface area contributed by atoms with Gasteiger partial charge in [-0.05, 0) is 35.9 Å². The van der Waals surface area contributed by atoms with E-state index in [1.807, 2.05) is 54.6 Å². The monoisotopic (exact) mass is 378 g/mol. The Morgan fingerprint density at radius 1 is 0.929 bits per heavy atom. The van der Waals surface area contributed by atoms with Crippen molar-refractivity contribution in [3.8, 4) is 11.5 Å². The molecule has 0 aliphatic heterocycles. The molecule has 0 bridgehead atoms. The summed E-state index contributed by atoms with van der Waals surface area (Å²) in [6.45, 7) is 1.62. The normalized spacial score (nSPS) is 11.5. The highest BCUT2D eigenvalue weighted by molar-refractivity contribution is 5.86. The second-order valence-corrected chi connectivity index (χ2v) is 6.30. The van der Waals surface area contributed by atoms with Gasteiger partial charge < -0.3 is 9.47 Å². The van der Waals surface area contributed by atoms with Gasteiger partial charge in [-0.1, -0.05) is 48.5 Å². The molecule has 0 radical (unpaired) electrons. The third-order valence-corrected chi connectivity index (χ3v) is 4.27. The quantitative estimate of drug-likeness (QED) is 0.647. The number of fused-ring (bicyclic) bond motifs is 1. The van der Waals surface area contributed by atoms with Crippen LogP contribution in [0.5, 0.6) is 11.5 Å². The summed E-state index contributed by atoms with van der Waals surface area (Å²) in [5.41, 5.74) is 5.53. The molecule has 3 aromatic carbocycles. The summed E-state index contributed by atoms with van der Waals surface area (Å²) in [6.07, 6.45) is -0.683. The summed E-state index contributed by atoms with van der Waals surface area (Å²) >= 11 is 0. The Balaban J connectivity index is 1.52. The standard InChI is InChI=1S/C22H22N2O4/c1-15(28-19-12-11-16-7-3-4-8-17(16)13-19)22(26)24-23-21(25)14-18-9-5-6-10-20(18)27-2/h3-13,15H,14H2,1-2H3,(H,23,25)(H,24,26). The van der Waals surface area contributed by atoms with E-state index < -0.39 is 12.0 Å². The van der Waals surface area contributed by atoms with Gasteiger partial charge in [0.05, 0.1) is 13.5 Å². The molecule has 0 saturated carbocycles. The molecular formula is C22H22N2O4. The van der Waals surface area contributed by atoms with E-state index in [1.54, 1.807) is 26.2 Å². The molecule has 144 valence electrons. The van der Waals surface area contributed by atoms with Crippen molar-refractivity contribution in [2.75, 3.05) is 7.11 Å². The van der Waals surface area contributed by atoms with Crippen molar-refractivity contribution >= 4 is 22.6 Å². The topological polar surface area (TPSA) is 76.7 Å². The summed E-state index contributed by atoms with van der Waals surface area (Å²) < 4.78 is 10.9. The highest BCUT2D eigenvalue weighted by Gasteiger charge is 2.16. The van der Waals surface area contributed by atoms with Crippen LogP contribution in [0.2, 0.25) is 0 Å². The van der Waals surface area contributed by atoms with E-state index >= 15 is 0 Å². The minimum Gasteiger partial charge on any atom is -0.496 e. The first-order chi connectivity index (χ1) is 13.6. The molecule has 2 amide bonds. The maximum absolute atomic E-state index is 12.2. The van der Waals surface area contributed by atoms with Crippen molar-refractivity contribution < 1.29 is 19.1 Å². The van der Waals surface area contributed by atoms with Crippen molar-refractivity contribution in [3.05, 3.63) is 72.3 Å². The molecule has 3 aromatic rings. The van der Waals surface area contributed by atoms with E-state index in [0.29, 0.717) is 11.5 Å². The number of methoxy groups -OCH3 is 1. The molecule has 2 N–H and O–H groups in total. The van der Waals surface area contributed by atoms with Crippen LogP contribution in [0.25, 0.3) is 10.8 Å². The fourth-order valence-electron chi connectivity index (χ4n) is 2.80. The van der Waals surface area contributed by atoms with E-state index in [1.165, 1.54) is 0 Å². The van der Waals surface area contributed by atoms with Gasteiger partial charge in [0, 0.05) is 5.56 Å². The summed E-state index contributed by atoms with van der Waals surface area (Å²) in [7, 11) is 1.55. The first kappa shape index (κ1) is 19.2.